The number of hydrogen-bond donors (Lipinski definition) is 4. The van der Waals surface area contributed by atoms with E-state index in [1.165, 1.54) is 6.07 Å². The molecule has 190 valence electrons. The van der Waals surface area contributed by atoms with Gasteiger partial charge in [-0.15, -0.1) is 0 Å². The fourth-order valence-electron chi connectivity index (χ4n) is 4.07. The van der Waals surface area contributed by atoms with Gasteiger partial charge in [0.25, 0.3) is 0 Å². The third kappa shape index (κ3) is 5.31. The van der Waals surface area contributed by atoms with Crippen LogP contribution in [0.15, 0.2) is 33.5 Å². The molecule has 4 N–H and O–H groups in total. The van der Waals surface area contributed by atoms with E-state index in [4.69, 9.17) is 28.5 Å². The van der Waals surface area contributed by atoms with E-state index in [2.05, 4.69) is 0 Å². The smallest absolute Gasteiger partial charge is 0.336 e. The van der Waals surface area contributed by atoms with E-state index in [1.54, 1.807) is 26.0 Å². The Morgan fingerprint density at radius 2 is 1.86 bits per heavy atom. The molecule has 0 aliphatic carbocycles. The molecule has 12 heteroatoms. The fourth-order valence-corrected chi connectivity index (χ4v) is 4.07. The van der Waals surface area contributed by atoms with Crippen molar-refractivity contribution in [3.05, 3.63) is 40.2 Å². The molecule has 0 saturated carbocycles. The van der Waals surface area contributed by atoms with Crippen molar-refractivity contribution < 1.29 is 53.4 Å². The molecular weight excluding hydrogens is 468 g/mol. The number of carbonyl (C=O) groups excluding carboxylic acids is 1. The van der Waals surface area contributed by atoms with Gasteiger partial charge in [0, 0.05) is 23.9 Å². The predicted octanol–water partition coefficient (Wildman–Crippen LogP) is -0.283. The number of rotatable bonds is 7. The van der Waals surface area contributed by atoms with Gasteiger partial charge >= 0.3 is 17.6 Å². The Morgan fingerprint density at radius 1 is 1.11 bits per heavy atom. The van der Waals surface area contributed by atoms with Crippen molar-refractivity contribution in [2.75, 3.05) is 6.61 Å². The minimum Gasteiger partial charge on any atom is -0.487 e. The van der Waals surface area contributed by atoms with Crippen LogP contribution in [0.4, 0.5) is 0 Å². The molecule has 2 aliphatic heterocycles. The van der Waals surface area contributed by atoms with Gasteiger partial charge in [-0.1, -0.05) is 0 Å². The van der Waals surface area contributed by atoms with E-state index in [0.29, 0.717) is 17.8 Å². The monoisotopic (exact) mass is 494 g/mol. The molecule has 2 aromatic rings. The quantitative estimate of drug-likeness (QED) is 0.225. The number of carboxylic acids is 1. The van der Waals surface area contributed by atoms with Gasteiger partial charge in [-0.3, -0.25) is 9.59 Å². The maximum Gasteiger partial charge on any atom is 0.336 e. The number of esters is 1. The lowest BCUT2D eigenvalue weighted by atomic mass is 9.95. The summed E-state index contributed by atoms with van der Waals surface area (Å²) in [5.41, 5.74) is -0.330. The highest BCUT2D eigenvalue weighted by molar-refractivity contribution is 5.90. The van der Waals surface area contributed by atoms with Gasteiger partial charge in [0.15, 0.2) is 6.29 Å². The highest BCUT2D eigenvalue weighted by Gasteiger charge is 2.48. The van der Waals surface area contributed by atoms with Crippen LogP contribution in [0, 0.1) is 0 Å². The summed E-state index contributed by atoms with van der Waals surface area (Å²) in [5.74, 6) is -1.92. The first-order chi connectivity index (χ1) is 16.4. The number of ether oxygens (including phenoxy) is 4. The first-order valence-corrected chi connectivity index (χ1v) is 10.9. The molecule has 6 atom stereocenters. The lowest BCUT2D eigenvalue weighted by Gasteiger charge is -2.43. The molecule has 0 amide bonds. The molecule has 2 aliphatic rings. The number of aliphatic carboxylic acids is 1. The average Bonchev–Trinajstić information content (AvgIpc) is 3.20. The van der Waals surface area contributed by atoms with Crippen LogP contribution in [-0.2, 0) is 30.2 Å². The summed E-state index contributed by atoms with van der Waals surface area (Å²) < 4.78 is 27.6. The van der Waals surface area contributed by atoms with Crippen LogP contribution in [0.5, 0.6) is 5.75 Å². The fraction of sp³-hybridized carbons (Fsp3) is 0.522. The minimum atomic E-state index is -1.68. The SMILES string of the molecule is CC(C)(O[C@@H]1O[C@@H](COC(=O)CC(=O)O)[C@@H](O)[C@@H](O)[C@H]1O)[C@@H]1Cc2cc3ccc(=O)oc3cc2O1. The number of fused-ring (bicyclic) bond motifs is 2. The van der Waals surface area contributed by atoms with Gasteiger partial charge in [0.1, 0.15) is 60.5 Å². The van der Waals surface area contributed by atoms with E-state index >= 15 is 0 Å². The van der Waals surface area contributed by atoms with Gasteiger partial charge in [0.2, 0.25) is 0 Å². The second-order valence-electron chi connectivity index (χ2n) is 9.05. The Bertz CT molecular complexity index is 1170. The van der Waals surface area contributed by atoms with Crippen molar-refractivity contribution in [1.29, 1.82) is 0 Å². The second kappa shape index (κ2) is 9.55. The van der Waals surface area contributed by atoms with E-state index in [1.807, 2.05) is 6.07 Å². The van der Waals surface area contributed by atoms with Gasteiger partial charge in [-0.25, -0.2) is 4.79 Å². The zero-order valence-electron chi connectivity index (χ0n) is 18.9. The maximum atomic E-state index is 11.5. The number of carboxylic acid groups (broad SMARTS) is 1. The van der Waals surface area contributed by atoms with Crippen molar-refractivity contribution in [3.8, 4) is 5.75 Å². The van der Waals surface area contributed by atoms with Gasteiger partial charge in [-0.2, -0.15) is 0 Å². The molecule has 1 fully saturated rings. The summed E-state index contributed by atoms with van der Waals surface area (Å²) in [6.07, 6.45) is -8.61. The lowest BCUT2D eigenvalue weighted by molar-refractivity contribution is -0.329. The van der Waals surface area contributed by atoms with Crippen LogP contribution in [0.2, 0.25) is 0 Å². The molecule has 35 heavy (non-hydrogen) atoms. The molecule has 0 bridgehead atoms. The van der Waals surface area contributed by atoms with Gasteiger partial charge in [0.05, 0.1) is 0 Å². The third-order valence-corrected chi connectivity index (χ3v) is 6.04. The summed E-state index contributed by atoms with van der Waals surface area (Å²) in [4.78, 5) is 33.6. The van der Waals surface area contributed by atoms with Crippen LogP contribution in [0.25, 0.3) is 11.0 Å². The van der Waals surface area contributed by atoms with Crippen LogP contribution in [0.1, 0.15) is 25.8 Å². The normalized spacial score (nSPS) is 28.4. The number of carbonyl (C=O) groups is 2. The topological polar surface area (TPSA) is 182 Å². The summed E-state index contributed by atoms with van der Waals surface area (Å²) >= 11 is 0. The molecule has 0 radical (unpaired) electrons. The van der Waals surface area contributed by atoms with E-state index in [0.717, 1.165) is 10.9 Å². The minimum absolute atomic E-state index is 0.374. The standard InChI is InChI=1S/C23H26O12/c1-23(2,15-6-11-5-10-3-4-17(26)33-12(10)7-13(11)32-15)35-22-21(30)20(29)19(28)14(34-22)9-31-18(27)8-16(24)25/h3-5,7,14-15,19-22,28-30H,6,8-9H2,1-2H3,(H,24,25)/t14-,15-,19+,20+,21+,22-/m0/s1. The number of aliphatic hydroxyl groups excluding tert-OH is 3. The average molecular weight is 494 g/mol. The molecular formula is C23H26O12. The number of aliphatic hydroxyl groups is 3. The largest absolute Gasteiger partial charge is 0.487 e. The van der Waals surface area contributed by atoms with E-state index in [9.17, 15) is 29.7 Å². The first kappa shape index (κ1) is 25.1. The zero-order valence-corrected chi connectivity index (χ0v) is 18.9. The Kier molecular flexibility index (Phi) is 6.84. The van der Waals surface area contributed by atoms with Crippen molar-refractivity contribution in [3.63, 3.8) is 0 Å². The zero-order chi connectivity index (χ0) is 25.5. The second-order valence-corrected chi connectivity index (χ2v) is 9.05. The third-order valence-electron chi connectivity index (χ3n) is 6.04. The summed E-state index contributed by atoms with van der Waals surface area (Å²) in [6.45, 7) is 2.83. The maximum absolute atomic E-state index is 11.5. The van der Waals surface area contributed by atoms with Crippen LogP contribution >= 0.6 is 0 Å². The van der Waals surface area contributed by atoms with Gasteiger partial charge < -0.3 is 43.8 Å². The van der Waals surface area contributed by atoms with Gasteiger partial charge in [-0.05, 0) is 31.5 Å². The lowest BCUT2D eigenvalue weighted by Crippen LogP contribution is -2.61. The van der Waals surface area contributed by atoms with Crippen molar-refractivity contribution in [1.82, 2.24) is 0 Å². The number of benzene rings is 1. The molecule has 1 aromatic carbocycles. The van der Waals surface area contributed by atoms with Crippen LogP contribution in [-0.4, -0.2) is 81.4 Å². The molecule has 1 aromatic heterocycles. The first-order valence-electron chi connectivity index (χ1n) is 10.9. The van der Waals surface area contributed by atoms with Crippen molar-refractivity contribution >= 4 is 22.9 Å². The van der Waals surface area contributed by atoms with E-state index < -0.39 is 73.0 Å². The van der Waals surface area contributed by atoms with Crippen LogP contribution in [0.3, 0.4) is 0 Å². The van der Waals surface area contributed by atoms with Crippen molar-refractivity contribution in [2.45, 2.75) is 69.1 Å². The molecule has 12 nitrogen and oxygen atoms in total. The molecule has 0 unspecified atom stereocenters. The Balaban J connectivity index is 1.45. The highest BCUT2D eigenvalue weighted by Crippen LogP contribution is 2.38. The molecule has 4 rings (SSSR count). The summed E-state index contributed by atoms with van der Waals surface area (Å²) in [7, 11) is 0. The molecule has 3 heterocycles. The Morgan fingerprint density at radius 3 is 2.57 bits per heavy atom. The summed E-state index contributed by atoms with van der Waals surface area (Å²) in [5, 5.41) is 40.3. The van der Waals surface area contributed by atoms with E-state index in [-0.39, 0.29) is 0 Å². The highest BCUT2D eigenvalue weighted by atomic mass is 16.7. The molecule has 1 saturated heterocycles. The van der Waals surface area contributed by atoms with Crippen molar-refractivity contribution in [2.24, 2.45) is 0 Å². The Labute approximate surface area is 198 Å². The summed E-state index contributed by atoms with van der Waals surface area (Å²) in [6, 6.07) is 6.44. The van der Waals surface area contributed by atoms with Crippen LogP contribution < -0.4 is 10.4 Å². The Hall–Kier alpha value is -3.03. The number of hydrogen-bond acceptors (Lipinski definition) is 11. The predicted molar refractivity (Wildman–Crippen MR) is 116 cm³/mol. The molecule has 0 spiro atoms.